The molecule has 1 N–H and O–H groups in total. The first-order valence-corrected chi connectivity index (χ1v) is 7.58. The molecule has 0 unspecified atom stereocenters. The first-order valence-electron chi connectivity index (χ1n) is 6.60. The molecule has 1 aromatic carbocycles. The number of carbonyl (C=O) groups excluding carboxylic acids is 1. The van der Waals surface area contributed by atoms with Crippen molar-refractivity contribution in [1.29, 1.82) is 0 Å². The number of aromatic nitrogens is 2. The zero-order valence-corrected chi connectivity index (χ0v) is 12.6. The number of imidazole rings is 1. The number of hydrogen-bond donors (Lipinski definition) is 1. The van der Waals surface area contributed by atoms with Gasteiger partial charge in [0, 0.05) is 12.6 Å². The third-order valence-corrected chi connectivity index (χ3v) is 3.69. The summed E-state index contributed by atoms with van der Waals surface area (Å²) in [6.07, 6.45) is 1.84. The number of benzene rings is 1. The monoisotopic (exact) mass is 289 g/mol. The van der Waals surface area contributed by atoms with Crippen molar-refractivity contribution in [2.24, 2.45) is 0 Å². The molecule has 0 bridgehead atoms. The predicted octanol–water partition coefficient (Wildman–Crippen LogP) is 2.84. The lowest BCUT2D eigenvalue weighted by Crippen LogP contribution is -2.31. The van der Waals surface area contributed by atoms with E-state index >= 15 is 0 Å². The van der Waals surface area contributed by atoms with Crippen LogP contribution in [0.1, 0.15) is 13.8 Å². The van der Waals surface area contributed by atoms with E-state index in [-0.39, 0.29) is 11.9 Å². The largest absolute Gasteiger partial charge is 0.353 e. The third-order valence-electron chi connectivity index (χ3n) is 2.71. The molecule has 1 aromatic heterocycles. The predicted molar refractivity (Wildman–Crippen MR) is 83.9 cm³/mol. The Morgan fingerprint density at radius 1 is 1.50 bits per heavy atom. The van der Waals surface area contributed by atoms with E-state index in [9.17, 15) is 4.79 Å². The second-order valence-electron chi connectivity index (χ2n) is 4.79. The summed E-state index contributed by atoms with van der Waals surface area (Å²) in [5.41, 5.74) is 2.01. The van der Waals surface area contributed by atoms with Crippen molar-refractivity contribution in [2.75, 3.05) is 5.75 Å². The Labute approximate surface area is 123 Å². The van der Waals surface area contributed by atoms with Gasteiger partial charge in [0.1, 0.15) is 0 Å². The summed E-state index contributed by atoms with van der Waals surface area (Å²) in [6.45, 7) is 8.38. The van der Waals surface area contributed by atoms with Crippen LogP contribution in [0.15, 0.2) is 42.1 Å². The van der Waals surface area contributed by atoms with Crippen molar-refractivity contribution in [3.63, 3.8) is 0 Å². The van der Waals surface area contributed by atoms with Gasteiger partial charge in [-0.15, -0.1) is 6.58 Å². The molecule has 20 heavy (non-hydrogen) atoms. The molecular weight excluding hydrogens is 270 g/mol. The molecule has 1 amide bonds. The van der Waals surface area contributed by atoms with Gasteiger partial charge in [0.2, 0.25) is 5.91 Å². The van der Waals surface area contributed by atoms with Gasteiger partial charge in [0.25, 0.3) is 0 Å². The van der Waals surface area contributed by atoms with Crippen LogP contribution in [0.3, 0.4) is 0 Å². The molecule has 106 valence electrons. The lowest BCUT2D eigenvalue weighted by atomic mass is 10.3. The number of rotatable bonds is 6. The maximum atomic E-state index is 11.7. The van der Waals surface area contributed by atoms with Gasteiger partial charge < -0.3 is 9.88 Å². The SMILES string of the molecule is C=CCn1c(SCC(=O)NC(C)C)nc2ccccc21. The summed E-state index contributed by atoms with van der Waals surface area (Å²) in [5, 5.41) is 3.73. The molecule has 0 aliphatic rings. The molecule has 0 fully saturated rings. The molecule has 1 heterocycles. The highest BCUT2D eigenvalue weighted by Crippen LogP contribution is 2.23. The minimum Gasteiger partial charge on any atom is -0.353 e. The van der Waals surface area contributed by atoms with Crippen LogP contribution in [0, 0.1) is 0 Å². The van der Waals surface area contributed by atoms with Crippen LogP contribution in [0.5, 0.6) is 0 Å². The zero-order chi connectivity index (χ0) is 14.5. The van der Waals surface area contributed by atoms with E-state index in [0.29, 0.717) is 12.3 Å². The van der Waals surface area contributed by atoms with Crippen molar-refractivity contribution in [2.45, 2.75) is 31.6 Å². The normalized spacial score (nSPS) is 10.9. The average molecular weight is 289 g/mol. The fraction of sp³-hybridized carbons (Fsp3) is 0.333. The van der Waals surface area contributed by atoms with Gasteiger partial charge in [-0.1, -0.05) is 30.0 Å². The van der Waals surface area contributed by atoms with Crippen molar-refractivity contribution in [3.05, 3.63) is 36.9 Å². The highest BCUT2D eigenvalue weighted by Gasteiger charge is 2.12. The summed E-state index contributed by atoms with van der Waals surface area (Å²) in [4.78, 5) is 16.3. The Kier molecular flexibility index (Phi) is 4.84. The van der Waals surface area contributed by atoms with Crippen molar-refractivity contribution >= 4 is 28.7 Å². The van der Waals surface area contributed by atoms with Crippen LogP contribution >= 0.6 is 11.8 Å². The number of thioether (sulfide) groups is 1. The number of nitrogens with zero attached hydrogens (tertiary/aromatic N) is 2. The first kappa shape index (κ1) is 14.7. The van der Waals surface area contributed by atoms with E-state index in [1.54, 1.807) is 0 Å². The standard InChI is InChI=1S/C15H19N3OS/c1-4-9-18-13-8-6-5-7-12(13)17-15(18)20-10-14(19)16-11(2)3/h4-8,11H,1,9-10H2,2-3H3,(H,16,19). The quantitative estimate of drug-likeness (QED) is 0.657. The lowest BCUT2D eigenvalue weighted by molar-refractivity contribution is -0.119. The average Bonchev–Trinajstić information content (AvgIpc) is 2.75. The second kappa shape index (κ2) is 6.61. The van der Waals surface area contributed by atoms with E-state index in [2.05, 4.69) is 21.4 Å². The van der Waals surface area contributed by atoms with Crippen LogP contribution in [0.4, 0.5) is 0 Å². The van der Waals surface area contributed by atoms with E-state index in [1.807, 2.05) is 44.2 Å². The highest BCUT2D eigenvalue weighted by atomic mass is 32.2. The molecule has 0 spiro atoms. The molecule has 0 atom stereocenters. The van der Waals surface area contributed by atoms with Crippen LogP contribution in [-0.4, -0.2) is 27.3 Å². The Morgan fingerprint density at radius 3 is 2.95 bits per heavy atom. The maximum absolute atomic E-state index is 11.7. The molecule has 2 rings (SSSR count). The van der Waals surface area contributed by atoms with Gasteiger partial charge in [0.05, 0.1) is 16.8 Å². The fourth-order valence-corrected chi connectivity index (χ4v) is 2.80. The van der Waals surface area contributed by atoms with E-state index in [4.69, 9.17) is 0 Å². The molecule has 4 nitrogen and oxygen atoms in total. The Hall–Kier alpha value is -1.75. The van der Waals surface area contributed by atoms with Gasteiger partial charge in [-0.05, 0) is 26.0 Å². The number of para-hydroxylation sites is 2. The zero-order valence-electron chi connectivity index (χ0n) is 11.8. The molecule has 0 saturated heterocycles. The van der Waals surface area contributed by atoms with Gasteiger partial charge in [-0.3, -0.25) is 4.79 Å². The van der Waals surface area contributed by atoms with E-state index in [1.165, 1.54) is 11.8 Å². The van der Waals surface area contributed by atoms with Crippen molar-refractivity contribution in [3.8, 4) is 0 Å². The van der Waals surface area contributed by atoms with Crippen LogP contribution < -0.4 is 5.32 Å². The summed E-state index contributed by atoms with van der Waals surface area (Å²) in [5.74, 6) is 0.403. The lowest BCUT2D eigenvalue weighted by Gasteiger charge is -2.08. The third kappa shape index (κ3) is 3.42. The van der Waals surface area contributed by atoms with Gasteiger partial charge >= 0.3 is 0 Å². The second-order valence-corrected chi connectivity index (χ2v) is 5.74. The minimum absolute atomic E-state index is 0.0298. The Bertz CT molecular complexity index is 619. The summed E-state index contributed by atoms with van der Waals surface area (Å²) in [7, 11) is 0. The number of fused-ring (bicyclic) bond motifs is 1. The summed E-state index contributed by atoms with van der Waals surface area (Å²) >= 11 is 1.45. The number of allylic oxidation sites excluding steroid dienone is 1. The van der Waals surface area contributed by atoms with E-state index < -0.39 is 0 Å². The van der Waals surface area contributed by atoms with E-state index in [0.717, 1.165) is 16.2 Å². The van der Waals surface area contributed by atoms with Gasteiger partial charge in [-0.2, -0.15) is 0 Å². The maximum Gasteiger partial charge on any atom is 0.230 e. The Morgan fingerprint density at radius 2 is 2.25 bits per heavy atom. The molecular formula is C15H19N3OS. The smallest absolute Gasteiger partial charge is 0.230 e. The highest BCUT2D eigenvalue weighted by molar-refractivity contribution is 7.99. The first-order chi connectivity index (χ1) is 9.61. The fourth-order valence-electron chi connectivity index (χ4n) is 1.96. The number of hydrogen-bond acceptors (Lipinski definition) is 3. The molecule has 2 aromatic rings. The Balaban J connectivity index is 2.18. The van der Waals surface area contributed by atoms with Gasteiger partial charge in [-0.25, -0.2) is 4.98 Å². The molecule has 0 radical (unpaired) electrons. The molecule has 0 aliphatic heterocycles. The number of amides is 1. The minimum atomic E-state index is 0.0298. The molecule has 5 heteroatoms. The number of nitrogens with one attached hydrogen (secondary N) is 1. The molecule has 0 saturated carbocycles. The van der Waals surface area contributed by atoms with Crippen molar-refractivity contribution < 1.29 is 4.79 Å². The number of carbonyl (C=O) groups is 1. The van der Waals surface area contributed by atoms with Crippen LogP contribution in [0.25, 0.3) is 11.0 Å². The van der Waals surface area contributed by atoms with Crippen LogP contribution in [0.2, 0.25) is 0 Å². The van der Waals surface area contributed by atoms with Gasteiger partial charge in [0.15, 0.2) is 5.16 Å². The molecule has 0 aliphatic carbocycles. The van der Waals surface area contributed by atoms with Crippen molar-refractivity contribution in [1.82, 2.24) is 14.9 Å². The van der Waals surface area contributed by atoms with Crippen LogP contribution in [-0.2, 0) is 11.3 Å². The summed E-state index contributed by atoms with van der Waals surface area (Å²) in [6, 6.07) is 8.13. The topological polar surface area (TPSA) is 46.9 Å². The summed E-state index contributed by atoms with van der Waals surface area (Å²) < 4.78 is 2.08.